The Morgan fingerprint density at radius 1 is 1.35 bits per heavy atom. The van der Waals surface area contributed by atoms with Crippen LogP contribution in [0.4, 0.5) is 0 Å². The number of thiophene rings is 1. The van der Waals surface area contributed by atoms with Gasteiger partial charge in [0.1, 0.15) is 0 Å². The second kappa shape index (κ2) is 5.69. The van der Waals surface area contributed by atoms with Crippen LogP contribution in [-0.2, 0) is 0 Å². The van der Waals surface area contributed by atoms with Crippen LogP contribution in [0.25, 0.3) is 0 Å². The molecule has 2 aliphatic rings. The van der Waals surface area contributed by atoms with Gasteiger partial charge in [-0.3, -0.25) is 15.6 Å². The molecular formula is C14H19N3OS2. The number of hydrazine groups is 1. The summed E-state index contributed by atoms with van der Waals surface area (Å²) in [6.07, 6.45) is 5.23. The number of nitrogens with one attached hydrogen (secondary N) is 3. The lowest BCUT2D eigenvalue weighted by Gasteiger charge is -2.24. The summed E-state index contributed by atoms with van der Waals surface area (Å²) in [5.74, 6) is 1.49. The summed E-state index contributed by atoms with van der Waals surface area (Å²) in [5, 5.41) is 5.69. The van der Waals surface area contributed by atoms with Gasteiger partial charge in [-0.15, -0.1) is 11.3 Å². The number of carbonyl (C=O) groups excluding carboxylic acids is 1. The minimum atomic E-state index is -0.147. The number of fused-ring (bicyclic) bond motifs is 2. The van der Waals surface area contributed by atoms with Crippen LogP contribution in [0.5, 0.6) is 0 Å². The number of thiocarbonyl (C=S) groups is 1. The molecule has 0 spiro atoms. The van der Waals surface area contributed by atoms with E-state index in [0.29, 0.717) is 16.7 Å². The Balaban J connectivity index is 1.44. The SMILES string of the molecule is Cc1cc(C(=O)NNC(=S)N[C@@H]2C[C@H]3CC[C@H]2C3)cs1. The zero-order valence-electron chi connectivity index (χ0n) is 11.4. The summed E-state index contributed by atoms with van der Waals surface area (Å²) in [4.78, 5) is 13.0. The largest absolute Gasteiger partial charge is 0.358 e. The van der Waals surface area contributed by atoms with Gasteiger partial charge in [0.05, 0.1) is 5.56 Å². The quantitative estimate of drug-likeness (QED) is 0.580. The predicted octanol–water partition coefficient (Wildman–Crippen LogP) is 2.35. The van der Waals surface area contributed by atoms with Gasteiger partial charge in [0.2, 0.25) is 0 Å². The Morgan fingerprint density at radius 2 is 2.20 bits per heavy atom. The van der Waals surface area contributed by atoms with Gasteiger partial charge in [-0.05, 0) is 56.3 Å². The Bertz CT molecular complexity index is 528. The molecule has 4 nitrogen and oxygen atoms in total. The molecule has 3 atom stereocenters. The number of carbonyl (C=O) groups is 1. The van der Waals surface area contributed by atoms with Crippen molar-refractivity contribution in [2.24, 2.45) is 11.8 Å². The van der Waals surface area contributed by atoms with E-state index in [-0.39, 0.29) is 5.91 Å². The summed E-state index contributed by atoms with van der Waals surface area (Å²) in [7, 11) is 0. The zero-order chi connectivity index (χ0) is 14.1. The van der Waals surface area contributed by atoms with Gasteiger partial charge in [-0.25, -0.2) is 0 Å². The average molecular weight is 309 g/mol. The van der Waals surface area contributed by atoms with E-state index in [1.165, 1.54) is 25.7 Å². The van der Waals surface area contributed by atoms with Crippen LogP contribution in [-0.4, -0.2) is 17.1 Å². The van der Waals surface area contributed by atoms with Gasteiger partial charge < -0.3 is 5.32 Å². The highest BCUT2D eigenvalue weighted by Gasteiger charge is 2.39. The third-order valence-electron chi connectivity index (χ3n) is 4.34. The molecule has 2 fully saturated rings. The molecule has 1 heterocycles. The Morgan fingerprint density at radius 3 is 2.80 bits per heavy atom. The normalized spacial score (nSPS) is 27.4. The van der Waals surface area contributed by atoms with Crippen LogP contribution in [0.1, 0.15) is 40.9 Å². The van der Waals surface area contributed by atoms with Crippen molar-refractivity contribution in [1.82, 2.24) is 16.2 Å². The Hall–Kier alpha value is -1.14. The van der Waals surface area contributed by atoms with Crippen LogP contribution in [0.2, 0.25) is 0 Å². The fraction of sp³-hybridized carbons (Fsp3) is 0.571. The third-order valence-corrected chi connectivity index (χ3v) is 5.42. The van der Waals surface area contributed by atoms with Crippen LogP contribution in [0, 0.1) is 18.8 Å². The van der Waals surface area contributed by atoms with E-state index in [4.69, 9.17) is 12.2 Å². The van der Waals surface area contributed by atoms with Crippen molar-refractivity contribution >= 4 is 34.6 Å². The van der Waals surface area contributed by atoms with Crippen LogP contribution < -0.4 is 16.2 Å². The van der Waals surface area contributed by atoms with E-state index < -0.39 is 0 Å². The molecule has 0 unspecified atom stereocenters. The van der Waals surface area contributed by atoms with Crippen molar-refractivity contribution in [3.8, 4) is 0 Å². The summed E-state index contributed by atoms with van der Waals surface area (Å²) in [6.45, 7) is 1.98. The lowest BCUT2D eigenvalue weighted by atomic mass is 9.96. The standard InChI is InChI=1S/C14H19N3OS2/c1-8-4-11(7-20-8)13(18)16-17-14(19)15-12-6-9-2-3-10(12)5-9/h4,7,9-10,12H,2-3,5-6H2,1H3,(H,16,18)(H2,15,17,19)/t9-,10-,12+/m0/s1. The summed E-state index contributed by atoms with van der Waals surface area (Å²) in [6, 6.07) is 2.35. The summed E-state index contributed by atoms with van der Waals surface area (Å²) in [5.41, 5.74) is 6.12. The maximum Gasteiger partial charge on any atom is 0.270 e. The molecule has 2 bridgehead atoms. The Labute approximate surface area is 128 Å². The average Bonchev–Trinajstić information content (AvgIpc) is 3.12. The molecule has 108 valence electrons. The summed E-state index contributed by atoms with van der Waals surface area (Å²) < 4.78 is 0. The van der Waals surface area contributed by atoms with Crippen molar-refractivity contribution in [2.75, 3.05) is 0 Å². The highest BCUT2D eigenvalue weighted by molar-refractivity contribution is 7.80. The van der Waals surface area contributed by atoms with Gasteiger partial charge in [-0.1, -0.05) is 6.42 Å². The maximum absolute atomic E-state index is 11.9. The number of amides is 1. The first-order chi connectivity index (χ1) is 9.61. The fourth-order valence-corrected chi connectivity index (χ4v) is 4.26. The third kappa shape index (κ3) is 2.96. The molecule has 0 radical (unpaired) electrons. The van der Waals surface area contributed by atoms with Crippen LogP contribution in [0.3, 0.4) is 0 Å². The Kier molecular flexibility index (Phi) is 3.94. The van der Waals surface area contributed by atoms with Crippen molar-refractivity contribution < 1.29 is 4.79 Å². The molecule has 0 aliphatic heterocycles. The van der Waals surface area contributed by atoms with E-state index in [2.05, 4.69) is 16.2 Å². The minimum Gasteiger partial charge on any atom is -0.358 e. The highest BCUT2D eigenvalue weighted by Crippen LogP contribution is 2.44. The zero-order valence-corrected chi connectivity index (χ0v) is 13.1. The van der Waals surface area contributed by atoms with E-state index in [1.54, 1.807) is 11.3 Å². The first-order valence-corrected chi connectivity index (χ1v) is 8.32. The van der Waals surface area contributed by atoms with Crippen molar-refractivity contribution in [1.29, 1.82) is 0 Å². The number of hydrogen-bond donors (Lipinski definition) is 3. The maximum atomic E-state index is 11.9. The molecule has 1 aromatic rings. The van der Waals surface area contributed by atoms with Crippen molar-refractivity contribution in [3.63, 3.8) is 0 Å². The van der Waals surface area contributed by atoms with Gasteiger partial charge in [-0.2, -0.15) is 0 Å². The highest BCUT2D eigenvalue weighted by atomic mass is 32.1. The van der Waals surface area contributed by atoms with Gasteiger partial charge in [0, 0.05) is 16.3 Å². The lowest BCUT2D eigenvalue weighted by Crippen LogP contribution is -2.50. The van der Waals surface area contributed by atoms with Crippen LogP contribution >= 0.6 is 23.6 Å². The molecule has 0 aromatic carbocycles. The molecule has 2 saturated carbocycles. The molecular weight excluding hydrogens is 290 g/mol. The van der Waals surface area contributed by atoms with Gasteiger partial charge in [0.15, 0.2) is 5.11 Å². The first kappa shape index (κ1) is 13.8. The van der Waals surface area contributed by atoms with Crippen LogP contribution in [0.15, 0.2) is 11.4 Å². The van der Waals surface area contributed by atoms with E-state index in [9.17, 15) is 4.79 Å². The smallest absolute Gasteiger partial charge is 0.270 e. The molecule has 6 heteroatoms. The lowest BCUT2D eigenvalue weighted by molar-refractivity contribution is 0.0944. The molecule has 0 saturated heterocycles. The van der Waals surface area contributed by atoms with Crippen molar-refractivity contribution in [3.05, 3.63) is 21.9 Å². The number of aryl methyl sites for hydroxylation is 1. The van der Waals surface area contributed by atoms with E-state index in [1.807, 2.05) is 18.4 Å². The second-order valence-electron chi connectivity index (χ2n) is 5.78. The van der Waals surface area contributed by atoms with Gasteiger partial charge in [0.25, 0.3) is 5.91 Å². The molecule has 1 amide bonds. The topological polar surface area (TPSA) is 53.2 Å². The number of rotatable bonds is 2. The minimum absolute atomic E-state index is 0.147. The molecule has 3 N–H and O–H groups in total. The molecule has 20 heavy (non-hydrogen) atoms. The van der Waals surface area contributed by atoms with Gasteiger partial charge >= 0.3 is 0 Å². The predicted molar refractivity (Wildman–Crippen MR) is 84.6 cm³/mol. The molecule has 3 rings (SSSR count). The fourth-order valence-electron chi connectivity index (χ4n) is 3.37. The van der Waals surface area contributed by atoms with E-state index >= 15 is 0 Å². The molecule has 2 aliphatic carbocycles. The van der Waals surface area contributed by atoms with E-state index in [0.717, 1.165) is 16.7 Å². The number of hydrogen-bond acceptors (Lipinski definition) is 3. The first-order valence-electron chi connectivity index (χ1n) is 7.04. The second-order valence-corrected chi connectivity index (χ2v) is 7.30. The molecule has 1 aromatic heterocycles. The monoisotopic (exact) mass is 309 g/mol. The summed E-state index contributed by atoms with van der Waals surface area (Å²) >= 11 is 6.81. The van der Waals surface area contributed by atoms with Crippen molar-refractivity contribution in [2.45, 2.75) is 38.6 Å².